The van der Waals surface area contributed by atoms with E-state index in [9.17, 15) is 0 Å². The summed E-state index contributed by atoms with van der Waals surface area (Å²) in [5.74, 6) is 4.36. The maximum absolute atomic E-state index is 5.48. The summed E-state index contributed by atoms with van der Waals surface area (Å²) in [6.07, 6.45) is 7.08. The quantitative estimate of drug-likeness (QED) is 0.183. The number of benzene rings is 6. The summed E-state index contributed by atoms with van der Waals surface area (Å²) < 4.78 is 2.44. The third kappa shape index (κ3) is 3.25. The van der Waals surface area contributed by atoms with E-state index in [4.69, 9.17) is 4.98 Å². The molecule has 4 fully saturated rings. The second kappa shape index (κ2) is 9.43. The molecule has 4 saturated carbocycles. The second-order valence-electron chi connectivity index (χ2n) is 16.7. The number of hydrogen-bond acceptors (Lipinski definition) is 1. The number of rotatable bonds is 2. The Hall–Kier alpha value is -4.95. The summed E-state index contributed by atoms with van der Waals surface area (Å²) >= 11 is 0. The predicted molar refractivity (Wildman–Crippen MR) is 205 cm³/mol. The van der Waals surface area contributed by atoms with Crippen molar-refractivity contribution in [2.24, 2.45) is 23.7 Å². The van der Waals surface area contributed by atoms with Gasteiger partial charge < -0.3 is 0 Å². The van der Waals surface area contributed by atoms with Gasteiger partial charge in [0, 0.05) is 21.8 Å². The molecular weight excluding hydrogens is 605 g/mol. The van der Waals surface area contributed by atoms with Gasteiger partial charge in [0.25, 0.3) is 0 Å². The van der Waals surface area contributed by atoms with Crippen LogP contribution in [-0.2, 0) is 10.8 Å². The van der Waals surface area contributed by atoms with Crippen LogP contribution in [0.1, 0.15) is 68.2 Å². The normalized spacial score (nSPS) is 26.0. The number of imidazole rings is 1. The van der Waals surface area contributed by atoms with Crippen LogP contribution in [-0.4, -0.2) is 9.55 Å². The summed E-state index contributed by atoms with van der Waals surface area (Å²) in [6, 6.07) is 45.7. The van der Waals surface area contributed by atoms with Crippen LogP contribution in [0.4, 0.5) is 0 Å². The number of nitrogens with zero attached hydrogens (tertiary/aromatic N) is 2. The maximum Gasteiger partial charge on any atom is 0.146 e. The fraction of sp³-hybridized carbons (Fsp3) is 0.271. The minimum atomic E-state index is -0.196. The predicted octanol–water partition coefficient (Wildman–Crippen LogP) is 11.9. The molecule has 13 rings (SSSR count). The smallest absolute Gasteiger partial charge is 0.146 e. The van der Waals surface area contributed by atoms with Crippen molar-refractivity contribution < 1.29 is 0 Å². The Morgan fingerprint density at radius 1 is 0.540 bits per heavy atom. The van der Waals surface area contributed by atoms with E-state index in [2.05, 4.69) is 140 Å². The lowest BCUT2D eigenvalue weighted by Gasteiger charge is -2.61. The molecule has 0 amide bonds. The Kier molecular flexibility index (Phi) is 5.25. The Morgan fingerprint density at radius 3 is 2.00 bits per heavy atom. The lowest BCUT2D eigenvalue weighted by Crippen LogP contribution is -2.55. The minimum Gasteiger partial charge on any atom is -0.292 e. The summed E-state index contributed by atoms with van der Waals surface area (Å²) in [7, 11) is 0. The number of fused-ring (bicyclic) bond motifs is 9. The molecule has 0 aliphatic heterocycles. The van der Waals surface area contributed by atoms with Crippen molar-refractivity contribution in [3.63, 3.8) is 0 Å². The van der Waals surface area contributed by atoms with Crippen LogP contribution in [0.3, 0.4) is 0 Å². The van der Waals surface area contributed by atoms with Crippen LogP contribution in [0.2, 0.25) is 0 Å². The molecule has 242 valence electrons. The average molecular weight is 645 g/mol. The standard InChI is InChI=1S/C48H40N2/c1-47(2)43-35(15-10-16-38(43)46-49-40-18-7-8-19-42(40)50(46)41-20-9-12-30-11-3-4-13-33(30)41)37-22-21-36-34-14-5-6-17-39(34)48(45(36)44(37)47)31-24-28-23-29(26-31)27-32(48)25-28/h3-22,28-29,31-32H,23-27H2,1-2H3. The van der Waals surface area contributed by atoms with Gasteiger partial charge in [-0.15, -0.1) is 0 Å². The van der Waals surface area contributed by atoms with Crippen LogP contribution in [0.15, 0.2) is 121 Å². The van der Waals surface area contributed by atoms with Gasteiger partial charge in [-0.25, -0.2) is 4.98 Å². The van der Waals surface area contributed by atoms with Crippen molar-refractivity contribution in [3.8, 4) is 39.3 Å². The molecular formula is C48H40N2. The van der Waals surface area contributed by atoms with Crippen molar-refractivity contribution in [1.82, 2.24) is 9.55 Å². The molecule has 6 aromatic carbocycles. The fourth-order valence-corrected chi connectivity index (χ4v) is 12.7. The fourth-order valence-electron chi connectivity index (χ4n) is 12.7. The first kappa shape index (κ1) is 27.8. The van der Waals surface area contributed by atoms with Gasteiger partial charge in [-0.1, -0.05) is 117 Å². The molecule has 1 spiro atoms. The third-order valence-corrected chi connectivity index (χ3v) is 14.1. The van der Waals surface area contributed by atoms with Crippen LogP contribution in [0, 0.1) is 23.7 Å². The van der Waals surface area contributed by atoms with Crippen LogP contribution >= 0.6 is 0 Å². The van der Waals surface area contributed by atoms with Crippen molar-refractivity contribution >= 4 is 21.8 Å². The van der Waals surface area contributed by atoms with E-state index in [0.717, 1.165) is 40.5 Å². The highest BCUT2D eigenvalue weighted by Gasteiger charge is 2.63. The molecule has 0 N–H and O–H groups in total. The maximum atomic E-state index is 5.48. The zero-order valence-corrected chi connectivity index (χ0v) is 28.8. The van der Waals surface area contributed by atoms with Gasteiger partial charge in [0.2, 0.25) is 0 Å². The molecule has 0 saturated heterocycles. The lowest BCUT2D eigenvalue weighted by atomic mass is 9.42. The van der Waals surface area contributed by atoms with Gasteiger partial charge >= 0.3 is 0 Å². The Morgan fingerprint density at radius 2 is 1.16 bits per heavy atom. The highest BCUT2D eigenvalue weighted by atomic mass is 15.1. The monoisotopic (exact) mass is 644 g/mol. The van der Waals surface area contributed by atoms with Crippen LogP contribution < -0.4 is 0 Å². The molecule has 0 unspecified atom stereocenters. The Bertz CT molecular complexity index is 2560. The second-order valence-corrected chi connectivity index (χ2v) is 16.7. The van der Waals surface area contributed by atoms with E-state index in [0.29, 0.717) is 0 Å². The minimum absolute atomic E-state index is 0.125. The third-order valence-electron chi connectivity index (χ3n) is 14.1. The summed E-state index contributed by atoms with van der Waals surface area (Å²) in [6.45, 7) is 5.05. The largest absolute Gasteiger partial charge is 0.292 e. The van der Waals surface area contributed by atoms with E-state index in [1.807, 2.05) is 0 Å². The first-order valence-electron chi connectivity index (χ1n) is 18.9. The zero-order valence-electron chi connectivity index (χ0n) is 28.8. The highest BCUT2D eigenvalue weighted by Crippen LogP contribution is 2.72. The average Bonchev–Trinajstić information content (AvgIpc) is 3.75. The van der Waals surface area contributed by atoms with Gasteiger partial charge in [0.15, 0.2) is 0 Å². The number of aromatic nitrogens is 2. The summed E-state index contributed by atoms with van der Waals surface area (Å²) in [5.41, 5.74) is 16.7. The van der Waals surface area contributed by atoms with E-state index >= 15 is 0 Å². The molecule has 4 bridgehead atoms. The molecule has 6 aliphatic rings. The van der Waals surface area contributed by atoms with E-state index in [-0.39, 0.29) is 10.8 Å². The summed E-state index contributed by atoms with van der Waals surface area (Å²) in [5, 5.41) is 2.49. The molecule has 0 radical (unpaired) electrons. The van der Waals surface area contributed by atoms with Crippen molar-refractivity contribution in [2.45, 2.75) is 56.8 Å². The molecule has 50 heavy (non-hydrogen) atoms. The van der Waals surface area contributed by atoms with Gasteiger partial charge in [-0.2, -0.15) is 0 Å². The SMILES string of the molecule is CC1(C)c2c(cccc2-c2nc3ccccc3n2-c2cccc3ccccc23)-c2ccc3c(c21)C1(c2ccccc2-3)C2CC3CC(C2)CC1C3. The van der Waals surface area contributed by atoms with Crippen molar-refractivity contribution in [2.75, 3.05) is 0 Å². The molecule has 7 aromatic rings. The topological polar surface area (TPSA) is 17.8 Å². The van der Waals surface area contributed by atoms with Gasteiger partial charge in [-0.3, -0.25) is 4.57 Å². The van der Waals surface area contributed by atoms with Gasteiger partial charge in [-0.05, 0) is 124 Å². The highest BCUT2D eigenvalue weighted by molar-refractivity contribution is 5.97. The van der Waals surface area contributed by atoms with Crippen LogP contribution in [0.5, 0.6) is 0 Å². The van der Waals surface area contributed by atoms with E-state index < -0.39 is 0 Å². The van der Waals surface area contributed by atoms with Crippen LogP contribution in [0.25, 0.3) is 61.1 Å². The lowest BCUT2D eigenvalue weighted by molar-refractivity contribution is -0.0404. The van der Waals surface area contributed by atoms with Crippen molar-refractivity contribution in [1.29, 1.82) is 0 Å². The van der Waals surface area contributed by atoms with E-state index in [1.165, 1.54) is 81.9 Å². The molecule has 6 aliphatic carbocycles. The number of hydrogen-bond donors (Lipinski definition) is 0. The van der Waals surface area contributed by atoms with E-state index in [1.54, 1.807) is 16.7 Å². The molecule has 2 heteroatoms. The molecule has 2 nitrogen and oxygen atoms in total. The molecule has 0 atom stereocenters. The first-order valence-corrected chi connectivity index (χ1v) is 18.9. The summed E-state index contributed by atoms with van der Waals surface area (Å²) in [4.78, 5) is 5.48. The zero-order chi connectivity index (χ0) is 32.9. The van der Waals surface area contributed by atoms with Gasteiger partial charge in [0.05, 0.1) is 16.7 Å². The van der Waals surface area contributed by atoms with Gasteiger partial charge in [0.1, 0.15) is 5.82 Å². The van der Waals surface area contributed by atoms with Crippen molar-refractivity contribution in [3.05, 3.63) is 144 Å². The first-order chi connectivity index (χ1) is 24.5. The molecule has 1 heterocycles. The Balaban J connectivity index is 1.14. The Labute approximate surface area is 293 Å². The molecule has 1 aromatic heterocycles. The number of para-hydroxylation sites is 2.